The van der Waals surface area contributed by atoms with Crippen LogP contribution in [0.1, 0.15) is 5.56 Å². The molecule has 0 atom stereocenters. The number of benzene rings is 1. The molecular formula is C10H13N3O4. The fourth-order valence-electron chi connectivity index (χ4n) is 1.32. The Bertz CT molecular complexity index is 434. The number of carbonyl (C=O) groups is 1. The van der Waals surface area contributed by atoms with E-state index in [-0.39, 0.29) is 18.0 Å². The second kappa shape index (κ2) is 5.80. The Kier molecular flexibility index (Phi) is 4.41. The lowest BCUT2D eigenvalue weighted by atomic mass is 10.2. The van der Waals surface area contributed by atoms with E-state index in [4.69, 9.17) is 10.5 Å². The van der Waals surface area contributed by atoms with E-state index in [1.807, 2.05) is 0 Å². The summed E-state index contributed by atoms with van der Waals surface area (Å²) in [6.07, 6.45) is 0. The van der Waals surface area contributed by atoms with Crippen molar-refractivity contribution in [3.63, 3.8) is 0 Å². The molecular weight excluding hydrogens is 226 g/mol. The standard InChI is InChI=1S/C10H13N3O4/c1-17-9-3-2-7(4-8(9)13(15)16)5-12-6-10(11)14/h2-4,12H,5-6H2,1H3,(H2,11,14). The minimum Gasteiger partial charge on any atom is -0.490 e. The van der Waals surface area contributed by atoms with E-state index in [1.165, 1.54) is 19.2 Å². The number of methoxy groups -OCH3 is 1. The van der Waals surface area contributed by atoms with Gasteiger partial charge >= 0.3 is 5.69 Å². The highest BCUT2D eigenvalue weighted by molar-refractivity contribution is 5.75. The van der Waals surface area contributed by atoms with Crippen LogP contribution >= 0.6 is 0 Å². The molecule has 0 saturated heterocycles. The third kappa shape index (κ3) is 3.72. The number of nitrogens with zero attached hydrogens (tertiary/aromatic N) is 1. The predicted octanol–water partition coefficient (Wildman–Crippen LogP) is 0.178. The van der Waals surface area contributed by atoms with Gasteiger partial charge in [-0.2, -0.15) is 0 Å². The van der Waals surface area contributed by atoms with Gasteiger partial charge in [0.05, 0.1) is 18.6 Å². The van der Waals surface area contributed by atoms with E-state index in [2.05, 4.69) is 5.32 Å². The van der Waals surface area contributed by atoms with Gasteiger partial charge in [-0.05, 0) is 11.6 Å². The van der Waals surface area contributed by atoms with Crippen LogP contribution < -0.4 is 15.8 Å². The first-order valence-electron chi connectivity index (χ1n) is 4.85. The lowest BCUT2D eigenvalue weighted by Gasteiger charge is -2.05. The van der Waals surface area contributed by atoms with Crippen LogP contribution in [0.5, 0.6) is 5.75 Å². The molecule has 0 heterocycles. The van der Waals surface area contributed by atoms with Crippen molar-refractivity contribution in [3.8, 4) is 5.75 Å². The van der Waals surface area contributed by atoms with Crippen LogP contribution in [0.25, 0.3) is 0 Å². The van der Waals surface area contributed by atoms with Crippen molar-refractivity contribution in [2.45, 2.75) is 6.54 Å². The van der Waals surface area contributed by atoms with Crippen LogP contribution in [-0.4, -0.2) is 24.5 Å². The molecule has 7 heteroatoms. The molecule has 0 bridgehead atoms. The summed E-state index contributed by atoms with van der Waals surface area (Å²) in [6, 6.07) is 4.59. The molecule has 17 heavy (non-hydrogen) atoms. The van der Waals surface area contributed by atoms with Gasteiger partial charge in [0.1, 0.15) is 0 Å². The van der Waals surface area contributed by atoms with E-state index in [0.29, 0.717) is 12.1 Å². The zero-order chi connectivity index (χ0) is 12.8. The third-order valence-corrected chi connectivity index (χ3v) is 2.07. The van der Waals surface area contributed by atoms with Crippen LogP contribution in [0.15, 0.2) is 18.2 Å². The number of amides is 1. The van der Waals surface area contributed by atoms with Crippen molar-refractivity contribution in [3.05, 3.63) is 33.9 Å². The Balaban J connectivity index is 2.78. The molecule has 3 N–H and O–H groups in total. The first-order valence-corrected chi connectivity index (χ1v) is 4.85. The van der Waals surface area contributed by atoms with Crippen molar-refractivity contribution in [2.24, 2.45) is 5.73 Å². The van der Waals surface area contributed by atoms with Gasteiger partial charge in [0.2, 0.25) is 5.91 Å². The zero-order valence-corrected chi connectivity index (χ0v) is 9.30. The van der Waals surface area contributed by atoms with Gasteiger partial charge in [0.15, 0.2) is 5.75 Å². The van der Waals surface area contributed by atoms with Crippen molar-refractivity contribution >= 4 is 11.6 Å². The van der Waals surface area contributed by atoms with Gasteiger partial charge in [0, 0.05) is 12.6 Å². The maximum atomic E-state index is 10.7. The Labute approximate surface area is 97.7 Å². The summed E-state index contributed by atoms with van der Waals surface area (Å²) in [5.41, 5.74) is 5.52. The second-order valence-electron chi connectivity index (χ2n) is 3.33. The van der Waals surface area contributed by atoms with Crippen LogP contribution in [0.2, 0.25) is 0 Å². The number of rotatable bonds is 6. The molecule has 0 fully saturated rings. The van der Waals surface area contributed by atoms with Gasteiger partial charge in [0.25, 0.3) is 0 Å². The average molecular weight is 239 g/mol. The fourth-order valence-corrected chi connectivity index (χ4v) is 1.32. The Morgan fingerprint density at radius 2 is 2.29 bits per heavy atom. The number of nitro groups is 1. The normalized spacial score (nSPS) is 9.94. The molecule has 0 radical (unpaired) electrons. The molecule has 0 unspecified atom stereocenters. The molecule has 92 valence electrons. The molecule has 1 aromatic rings. The maximum Gasteiger partial charge on any atom is 0.311 e. The minimum atomic E-state index is -0.517. The maximum absolute atomic E-state index is 10.7. The van der Waals surface area contributed by atoms with E-state index < -0.39 is 10.8 Å². The van der Waals surface area contributed by atoms with Crippen molar-refractivity contribution in [2.75, 3.05) is 13.7 Å². The molecule has 0 spiro atoms. The summed E-state index contributed by atoms with van der Waals surface area (Å²) in [5, 5.41) is 13.5. The topological polar surface area (TPSA) is 107 Å². The number of carbonyl (C=O) groups excluding carboxylic acids is 1. The van der Waals surface area contributed by atoms with Crippen molar-refractivity contribution < 1.29 is 14.5 Å². The largest absolute Gasteiger partial charge is 0.490 e. The van der Waals surface area contributed by atoms with E-state index >= 15 is 0 Å². The number of nitro benzene ring substituents is 1. The van der Waals surface area contributed by atoms with E-state index in [1.54, 1.807) is 6.07 Å². The molecule has 1 aromatic carbocycles. The second-order valence-corrected chi connectivity index (χ2v) is 3.33. The monoisotopic (exact) mass is 239 g/mol. The zero-order valence-electron chi connectivity index (χ0n) is 9.30. The summed E-state index contributed by atoms with van der Waals surface area (Å²) in [6.45, 7) is 0.355. The summed E-state index contributed by atoms with van der Waals surface area (Å²) in [4.78, 5) is 20.7. The Hall–Kier alpha value is -2.15. The number of ether oxygens (including phenoxy) is 1. The van der Waals surface area contributed by atoms with Gasteiger partial charge < -0.3 is 15.8 Å². The number of nitrogens with two attached hydrogens (primary N) is 1. The third-order valence-electron chi connectivity index (χ3n) is 2.07. The van der Waals surface area contributed by atoms with E-state index in [0.717, 1.165) is 0 Å². The highest BCUT2D eigenvalue weighted by Gasteiger charge is 2.14. The highest BCUT2D eigenvalue weighted by atomic mass is 16.6. The molecule has 7 nitrogen and oxygen atoms in total. The van der Waals surface area contributed by atoms with Gasteiger partial charge in [-0.1, -0.05) is 6.07 Å². The number of primary amides is 1. The molecule has 1 amide bonds. The number of nitrogens with one attached hydrogen (secondary N) is 1. The molecule has 1 rings (SSSR count). The molecule has 0 aliphatic heterocycles. The highest BCUT2D eigenvalue weighted by Crippen LogP contribution is 2.27. The summed E-state index contributed by atoms with van der Waals surface area (Å²) in [7, 11) is 1.37. The Morgan fingerprint density at radius 3 is 2.82 bits per heavy atom. The first-order chi connectivity index (χ1) is 8.04. The molecule has 0 aliphatic carbocycles. The smallest absolute Gasteiger partial charge is 0.311 e. The lowest BCUT2D eigenvalue weighted by molar-refractivity contribution is -0.385. The van der Waals surface area contributed by atoms with Crippen LogP contribution in [-0.2, 0) is 11.3 Å². The average Bonchev–Trinajstić information content (AvgIpc) is 2.28. The minimum absolute atomic E-state index is 0.0276. The molecule has 0 aromatic heterocycles. The van der Waals surface area contributed by atoms with Gasteiger partial charge in [-0.3, -0.25) is 14.9 Å². The lowest BCUT2D eigenvalue weighted by Crippen LogP contribution is -2.28. The van der Waals surface area contributed by atoms with Gasteiger partial charge in [-0.15, -0.1) is 0 Å². The quantitative estimate of drug-likeness (QED) is 0.543. The summed E-state index contributed by atoms with van der Waals surface area (Å²) >= 11 is 0. The van der Waals surface area contributed by atoms with Crippen molar-refractivity contribution in [1.29, 1.82) is 0 Å². The van der Waals surface area contributed by atoms with Crippen LogP contribution in [0.4, 0.5) is 5.69 Å². The Morgan fingerprint density at radius 1 is 1.59 bits per heavy atom. The summed E-state index contributed by atoms with van der Waals surface area (Å²) in [5.74, 6) is -0.276. The van der Waals surface area contributed by atoms with E-state index in [9.17, 15) is 14.9 Å². The SMILES string of the molecule is COc1ccc(CNCC(N)=O)cc1[N+](=O)[O-]. The van der Waals surface area contributed by atoms with Crippen molar-refractivity contribution in [1.82, 2.24) is 5.32 Å². The molecule has 0 aliphatic rings. The number of hydrogen-bond donors (Lipinski definition) is 2. The van der Waals surface area contributed by atoms with Gasteiger partial charge in [-0.25, -0.2) is 0 Å². The predicted molar refractivity (Wildman–Crippen MR) is 60.5 cm³/mol. The first kappa shape index (κ1) is 12.9. The summed E-state index contributed by atoms with van der Waals surface area (Å²) < 4.78 is 4.87. The van der Waals surface area contributed by atoms with Crippen LogP contribution in [0.3, 0.4) is 0 Å². The molecule has 0 saturated carbocycles. The number of hydrogen-bond acceptors (Lipinski definition) is 5. The van der Waals surface area contributed by atoms with Crippen LogP contribution in [0, 0.1) is 10.1 Å². The fraction of sp³-hybridized carbons (Fsp3) is 0.300.